The number of aldehydes is 1. The van der Waals surface area contributed by atoms with Gasteiger partial charge in [0.05, 0.1) is 19.2 Å². The molecule has 0 bridgehead atoms. The average molecular weight is 1040 g/mol. The number of nitrogens with two attached hydrogens (primary N) is 1. The van der Waals surface area contributed by atoms with Crippen molar-refractivity contribution in [2.45, 2.75) is 189 Å². The van der Waals surface area contributed by atoms with Gasteiger partial charge in [-0.25, -0.2) is 0 Å². The fourth-order valence-electron chi connectivity index (χ4n) is 8.24. The van der Waals surface area contributed by atoms with Crippen LogP contribution in [0.1, 0.15) is 134 Å². The summed E-state index contributed by atoms with van der Waals surface area (Å²) in [4.78, 5) is 136. The van der Waals surface area contributed by atoms with Crippen molar-refractivity contribution >= 4 is 71.2 Å². The molecule has 0 aromatic heterocycles. The predicted molar refractivity (Wildman–Crippen MR) is 277 cm³/mol. The highest BCUT2D eigenvalue weighted by Gasteiger charge is 2.41. The molecular formula is C50H90N10O11S. The van der Waals surface area contributed by atoms with Gasteiger partial charge in [-0.05, 0) is 98.9 Å². The Morgan fingerprint density at radius 2 is 0.944 bits per heavy atom. The van der Waals surface area contributed by atoms with E-state index in [9.17, 15) is 53.1 Å². The maximum Gasteiger partial charge on any atom is 0.246 e. The van der Waals surface area contributed by atoms with Crippen LogP contribution < -0.4 is 48.3 Å². The largest absolute Gasteiger partial charge is 0.394 e. The lowest BCUT2D eigenvalue weighted by Crippen LogP contribution is -2.61. The summed E-state index contributed by atoms with van der Waals surface area (Å²) in [5.41, 5.74) is 6.07. The van der Waals surface area contributed by atoms with E-state index < -0.39 is 120 Å². The third-order valence-electron chi connectivity index (χ3n) is 11.9. The standard InChI is InChI=1S/C50H90N10O11S/c1-27(2)21-34(43(64)52-17-19-61)54-45(66)36(23-29(5)6)55-46(67)38(25-31(9)10)57-49(70)40-15-14-18-60(40)50(71)41(32(11)12)59-48(69)39(26-62)58-47(68)37(24-30(7)8)56-44(65)35(22-28(3)4)53-42(63)33(51)16-20-72-13/h19,27-41,62H,14-18,20-26,51H2,1-13H3,(H,52,64)(H,53,63)(H,54,66)(H,55,67)(H,56,65)(H,57,70)(H,58,68)(H,59,69)/t33-,34-,35-,36-,37-,38-,39-,40-,41-/m0/s1. The van der Waals surface area contributed by atoms with Crippen molar-refractivity contribution in [1.82, 2.24) is 47.4 Å². The maximum atomic E-state index is 14.3. The highest BCUT2D eigenvalue weighted by atomic mass is 32.2. The van der Waals surface area contributed by atoms with E-state index >= 15 is 0 Å². The summed E-state index contributed by atoms with van der Waals surface area (Å²) in [6.45, 7) is 21.1. The van der Waals surface area contributed by atoms with Crippen LogP contribution in [0.25, 0.3) is 0 Å². The predicted octanol–water partition coefficient (Wildman–Crippen LogP) is 0.645. The van der Waals surface area contributed by atoms with E-state index in [0.717, 1.165) is 0 Å². The summed E-state index contributed by atoms with van der Waals surface area (Å²) in [6.07, 6.45) is 4.59. The number of likely N-dealkylation sites (tertiary alicyclic amines) is 1. The molecule has 0 saturated carbocycles. The summed E-state index contributed by atoms with van der Waals surface area (Å²) < 4.78 is 0. The van der Waals surface area contributed by atoms with E-state index in [1.54, 1.807) is 13.8 Å². The third kappa shape index (κ3) is 23.4. The van der Waals surface area contributed by atoms with Crippen LogP contribution in [-0.4, -0.2) is 156 Å². The Bertz CT molecular complexity index is 1800. The first-order valence-electron chi connectivity index (χ1n) is 25.7. The number of rotatable bonds is 33. The quantitative estimate of drug-likeness (QED) is 0.0405. The maximum absolute atomic E-state index is 14.3. The molecule has 1 rings (SSSR count). The summed E-state index contributed by atoms with van der Waals surface area (Å²) in [6, 6.07) is -9.96. The molecule has 0 spiro atoms. The Hall–Kier alpha value is -4.83. The molecule has 1 saturated heterocycles. The number of nitrogens with zero attached hydrogens (tertiary/aromatic N) is 1. The molecule has 22 heteroatoms. The van der Waals surface area contributed by atoms with Crippen molar-refractivity contribution in [2.75, 3.05) is 31.7 Å². The van der Waals surface area contributed by atoms with Gasteiger partial charge in [-0.1, -0.05) is 83.1 Å². The number of carbonyl (C=O) groups is 10. The zero-order valence-electron chi connectivity index (χ0n) is 45.2. The first kappa shape index (κ1) is 65.2. The Morgan fingerprint density at radius 3 is 1.32 bits per heavy atom. The number of thioether (sulfide) groups is 1. The lowest BCUT2D eigenvalue weighted by molar-refractivity contribution is -0.143. The molecule has 9 amide bonds. The van der Waals surface area contributed by atoms with E-state index in [2.05, 4.69) is 42.5 Å². The molecule has 21 nitrogen and oxygen atoms in total. The Kier molecular flexibility index (Phi) is 29.9. The molecule has 9 atom stereocenters. The number of aliphatic hydroxyl groups is 1. The summed E-state index contributed by atoms with van der Waals surface area (Å²) in [7, 11) is 0. The lowest BCUT2D eigenvalue weighted by Gasteiger charge is -2.32. The molecule has 1 heterocycles. The van der Waals surface area contributed by atoms with Crippen molar-refractivity contribution < 1.29 is 53.1 Å². The molecule has 0 aromatic rings. The number of hydrogen-bond acceptors (Lipinski definition) is 13. The van der Waals surface area contributed by atoms with Crippen LogP contribution in [0.2, 0.25) is 0 Å². The second-order valence-electron chi connectivity index (χ2n) is 21.4. The minimum Gasteiger partial charge on any atom is -0.394 e. The Balaban J connectivity index is 3.29. The number of nitrogens with one attached hydrogen (secondary N) is 8. The van der Waals surface area contributed by atoms with Gasteiger partial charge in [0.1, 0.15) is 54.6 Å². The topological polar surface area (TPSA) is 316 Å². The molecule has 0 radical (unpaired) electrons. The molecule has 412 valence electrons. The number of hydrogen-bond donors (Lipinski definition) is 10. The minimum absolute atomic E-state index is 0.00699. The van der Waals surface area contributed by atoms with Gasteiger partial charge >= 0.3 is 0 Å². The van der Waals surface area contributed by atoms with Crippen LogP contribution in [-0.2, 0) is 47.9 Å². The molecule has 0 aliphatic carbocycles. The first-order chi connectivity index (χ1) is 33.7. The van der Waals surface area contributed by atoms with Gasteiger partial charge in [-0.15, -0.1) is 0 Å². The van der Waals surface area contributed by atoms with Crippen LogP contribution in [0.5, 0.6) is 0 Å². The van der Waals surface area contributed by atoms with Crippen molar-refractivity contribution in [3.05, 3.63) is 0 Å². The molecule has 1 aliphatic rings. The fourth-order valence-corrected chi connectivity index (χ4v) is 8.72. The van der Waals surface area contributed by atoms with Crippen molar-refractivity contribution in [1.29, 1.82) is 0 Å². The zero-order valence-corrected chi connectivity index (χ0v) is 46.0. The normalized spacial score (nSPS) is 17.1. The first-order valence-corrected chi connectivity index (χ1v) is 27.1. The molecule has 1 aliphatic heterocycles. The third-order valence-corrected chi connectivity index (χ3v) is 12.6. The van der Waals surface area contributed by atoms with Gasteiger partial charge in [-0.3, -0.25) is 43.2 Å². The summed E-state index contributed by atoms with van der Waals surface area (Å²) in [5.74, 6) is -5.91. The minimum atomic E-state index is -1.55. The van der Waals surface area contributed by atoms with E-state index in [0.29, 0.717) is 24.9 Å². The molecule has 0 unspecified atom stereocenters. The van der Waals surface area contributed by atoms with Gasteiger partial charge in [0, 0.05) is 6.54 Å². The monoisotopic (exact) mass is 1040 g/mol. The summed E-state index contributed by atoms with van der Waals surface area (Å²) >= 11 is 1.54. The van der Waals surface area contributed by atoms with Gasteiger partial charge in [0.2, 0.25) is 53.2 Å². The highest BCUT2D eigenvalue weighted by molar-refractivity contribution is 7.98. The van der Waals surface area contributed by atoms with Crippen LogP contribution in [0.3, 0.4) is 0 Å². The van der Waals surface area contributed by atoms with Gasteiger partial charge in [0.15, 0.2) is 0 Å². The smallest absolute Gasteiger partial charge is 0.246 e. The number of amides is 9. The highest BCUT2D eigenvalue weighted by Crippen LogP contribution is 2.22. The van der Waals surface area contributed by atoms with E-state index in [1.165, 1.54) is 16.7 Å². The molecule has 72 heavy (non-hydrogen) atoms. The van der Waals surface area contributed by atoms with Crippen molar-refractivity contribution in [2.24, 2.45) is 41.2 Å². The second kappa shape index (κ2) is 33.1. The summed E-state index contributed by atoms with van der Waals surface area (Å²) in [5, 5.41) is 31.8. The van der Waals surface area contributed by atoms with Crippen LogP contribution in [0, 0.1) is 35.5 Å². The fraction of sp³-hybridized carbons (Fsp3) is 0.800. The Labute approximate surface area is 432 Å². The molecular weight excluding hydrogens is 949 g/mol. The average Bonchev–Trinajstić information content (AvgIpc) is 3.79. The Morgan fingerprint density at radius 1 is 0.569 bits per heavy atom. The van der Waals surface area contributed by atoms with Crippen molar-refractivity contribution in [3.8, 4) is 0 Å². The molecule has 0 aromatic carbocycles. The van der Waals surface area contributed by atoms with Gasteiger partial charge in [0.25, 0.3) is 0 Å². The lowest BCUT2D eigenvalue weighted by atomic mass is 9.98. The second-order valence-corrected chi connectivity index (χ2v) is 22.4. The number of aliphatic hydroxyl groups excluding tert-OH is 1. The molecule has 11 N–H and O–H groups in total. The van der Waals surface area contributed by atoms with Crippen molar-refractivity contribution in [3.63, 3.8) is 0 Å². The van der Waals surface area contributed by atoms with Crippen LogP contribution in [0.15, 0.2) is 0 Å². The van der Waals surface area contributed by atoms with Gasteiger partial charge < -0.3 is 63.1 Å². The van der Waals surface area contributed by atoms with Gasteiger partial charge in [-0.2, -0.15) is 11.8 Å². The zero-order chi connectivity index (χ0) is 55.0. The van der Waals surface area contributed by atoms with E-state index in [1.807, 2.05) is 75.5 Å². The number of carbonyl (C=O) groups excluding carboxylic acids is 10. The molecule has 1 fully saturated rings. The van der Waals surface area contributed by atoms with E-state index in [-0.39, 0.29) is 81.2 Å². The SMILES string of the molecule is CSCC[C@H](N)C(=O)N[C@@H](CC(C)C)C(=O)N[C@@H](CC(C)C)C(=O)N[C@@H](CO)C(=O)N[C@H](C(=O)N1CCC[C@H]1C(=O)N[C@@H](CC(C)C)C(=O)N[C@@H](CC(C)C)C(=O)N[C@@H](CC(C)C)C(=O)NCC=O)C(C)C. The van der Waals surface area contributed by atoms with E-state index in [4.69, 9.17) is 5.73 Å². The van der Waals surface area contributed by atoms with Crippen LogP contribution in [0.4, 0.5) is 0 Å². The van der Waals surface area contributed by atoms with Crippen LogP contribution >= 0.6 is 11.8 Å².